The van der Waals surface area contributed by atoms with Crippen molar-refractivity contribution in [3.8, 4) is 0 Å². The molecule has 5 nitrogen and oxygen atoms in total. The number of sulfonamides is 1. The molecule has 3 rings (SSSR count). The van der Waals surface area contributed by atoms with Crippen molar-refractivity contribution in [2.75, 3.05) is 11.3 Å². The molecule has 0 aliphatic rings. The molecule has 3 aromatic carbocycles. The highest BCUT2D eigenvalue weighted by Crippen LogP contribution is 2.17. The molecule has 0 aliphatic carbocycles. The predicted octanol–water partition coefficient (Wildman–Crippen LogP) is 4.02. The Morgan fingerprint density at radius 3 is 2.04 bits per heavy atom. The van der Waals surface area contributed by atoms with Crippen LogP contribution in [0.5, 0.6) is 0 Å². The van der Waals surface area contributed by atoms with Crippen molar-refractivity contribution in [3.63, 3.8) is 0 Å². The number of benzene rings is 3. The lowest BCUT2D eigenvalue weighted by Crippen LogP contribution is -2.27. The van der Waals surface area contributed by atoms with Crippen molar-refractivity contribution < 1.29 is 13.2 Å². The molecule has 28 heavy (non-hydrogen) atoms. The molecule has 1 amide bonds. The third-order valence-corrected chi connectivity index (χ3v) is 5.79. The van der Waals surface area contributed by atoms with Crippen LogP contribution in [0.4, 0.5) is 5.69 Å². The minimum atomic E-state index is -3.65. The van der Waals surface area contributed by atoms with Gasteiger partial charge in [0, 0.05) is 17.8 Å². The Hall–Kier alpha value is -3.12. The number of nitrogens with one attached hydrogen (secondary N) is 2. The molecule has 0 aromatic heterocycles. The largest absolute Gasteiger partial charge is 0.351 e. The molecule has 3 aromatic rings. The molecule has 0 heterocycles. The summed E-state index contributed by atoms with van der Waals surface area (Å²) in [5.74, 6) is 0.00218. The van der Waals surface area contributed by atoms with Gasteiger partial charge in [0.05, 0.1) is 4.90 Å². The van der Waals surface area contributed by atoms with E-state index in [1.165, 1.54) is 12.1 Å². The SMILES string of the molecule is C[C@H](CNC(=O)c1ccc(NS(=O)(=O)c2ccccc2)cc1)c1ccccc1. The Labute approximate surface area is 165 Å². The average Bonchev–Trinajstić information content (AvgIpc) is 2.73. The van der Waals surface area contributed by atoms with Gasteiger partial charge in [-0.3, -0.25) is 9.52 Å². The zero-order valence-corrected chi connectivity index (χ0v) is 16.3. The van der Waals surface area contributed by atoms with E-state index in [4.69, 9.17) is 0 Å². The molecule has 1 atom stereocenters. The molecule has 2 N–H and O–H groups in total. The summed E-state index contributed by atoms with van der Waals surface area (Å²) in [6.07, 6.45) is 0. The Kier molecular flexibility index (Phi) is 6.11. The number of hydrogen-bond acceptors (Lipinski definition) is 3. The molecule has 144 valence electrons. The van der Waals surface area contributed by atoms with Gasteiger partial charge < -0.3 is 5.32 Å². The van der Waals surface area contributed by atoms with Crippen LogP contribution in [0.15, 0.2) is 89.8 Å². The van der Waals surface area contributed by atoms with E-state index < -0.39 is 10.0 Å². The van der Waals surface area contributed by atoms with Crippen molar-refractivity contribution in [2.24, 2.45) is 0 Å². The maximum absolute atomic E-state index is 12.3. The van der Waals surface area contributed by atoms with Crippen LogP contribution in [-0.4, -0.2) is 20.9 Å². The fraction of sp³-hybridized carbons (Fsp3) is 0.136. The molecule has 0 fully saturated rings. The van der Waals surface area contributed by atoms with Crippen LogP contribution in [0.1, 0.15) is 28.8 Å². The smallest absolute Gasteiger partial charge is 0.261 e. The highest BCUT2D eigenvalue weighted by atomic mass is 32.2. The van der Waals surface area contributed by atoms with Crippen LogP contribution in [0.2, 0.25) is 0 Å². The standard InChI is InChI=1S/C22H22N2O3S/c1-17(18-8-4-2-5-9-18)16-23-22(25)19-12-14-20(15-13-19)24-28(26,27)21-10-6-3-7-11-21/h2-15,17,24H,16H2,1H3,(H,23,25)/t17-/m1/s1. The van der Waals surface area contributed by atoms with Gasteiger partial charge in [-0.15, -0.1) is 0 Å². The fourth-order valence-electron chi connectivity index (χ4n) is 2.75. The van der Waals surface area contributed by atoms with Gasteiger partial charge in [-0.25, -0.2) is 8.42 Å². The number of rotatable bonds is 7. The van der Waals surface area contributed by atoms with Crippen LogP contribution in [-0.2, 0) is 10.0 Å². The Morgan fingerprint density at radius 2 is 1.43 bits per heavy atom. The predicted molar refractivity (Wildman–Crippen MR) is 111 cm³/mol. The second-order valence-electron chi connectivity index (χ2n) is 6.52. The summed E-state index contributed by atoms with van der Waals surface area (Å²) in [7, 11) is -3.65. The number of hydrogen-bond donors (Lipinski definition) is 2. The molecule has 0 unspecified atom stereocenters. The van der Waals surface area contributed by atoms with E-state index in [0.29, 0.717) is 17.8 Å². The zero-order chi connectivity index (χ0) is 20.0. The molecule has 0 spiro atoms. The average molecular weight is 394 g/mol. The third kappa shape index (κ3) is 4.98. The molecular weight excluding hydrogens is 372 g/mol. The molecule has 6 heteroatoms. The van der Waals surface area contributed by atoms with E-state index in [1.807, 2.05) is 30.3 Å². The number of amides is 1. The molecule has 0 aliphatic heterocycles. The minimum absolute atomic E-state index is 0.187. The second kappa shape index (κ2) is 8.71. The van der Waals surface area contributed by atoms with Gasteiger partial charge in [-0.2, -0.15) is 0 Å². The molecule has 0 saturated carbocycles. The molecule has 0 radical (unpaired) electrons. The van der Waals surface area contributed by atoms with Crippen LogP contribution < -0.4 is 10.0 Å². The topological polar surface area (TPSA) is 75.3 Å². The van der Waals surface area contributed by atoms with E-state index in [-0.39, 0.29) is 16.7 Å². The summed E-state index contributed by atoms with van der Waals surface area (Å²) in [6.45, 7) is 2.57. The maximum Gasteiger partial charge on any atom is 0.261 e. The van der Waals surface area contributed by atoms with Crippen LogP contribution in [0, 0.1) is 0 Å². The summed E-state index contributed by atoms with van der Waals surface area (Å²) in [4.78, 5) is 12.5. The summed E-state index contributed by atoms with van der Waals surface area (Å²) in [6, 6.07) is 24.5. The van der Waals surface area contributed by atoms with Gasteiger partial charge in [0.2, 0.25) is 0 Å². The zero-order valence-electron chi connectivity index (χ0n) is 15.5. The van der Waals surface area contributed by atoms with Crippen molar-refractivity contribution in [2.45, 2.75) is 17.7 Å². The first kappa shape index (κ1) is 19.6. The molecule has 0 saturated heterocycles. The highest BCUT2D eigenvalue weighted by molar-refractivity contribution is 7.92. The van der Waals surface area contributed by atoms with E-state index in [2.05, 4.69) is 17.0 Å². The van der Waals surface area contributed by atoms with Crippen molar-refractivity contribution in [3.05, 3.63) is 96.1 Å². The van der Waals surface area contributed by atoms with E-state index >= 15 is 0 Å². The number of carbonyl (C=O) groups is 1. The first-order valence-electron chi connectivity index (χ1n) is 8.97. The summed E-state index contributed by atoms with van der Waals surface area (Å²) in [5, 5.41) is 2.91. The van der Waals surface area contributed by atoms with Crippen LogP contribution in [0.3, 0.4) is 0 Å². The first-order chi connectivity index (χ1) is 13.5. The Morgan fingerprint density at radius 1 is 0.857 bits per heavy atom. The van der Waals surface area contributed by atoms with E-state index in [0.717, 1.165) is 5.56 Å². The summed E-state index contributed by atoms with van der Waals surface area (Å²) < 4.78 is 27.2. The van der Waals surface area contributed by atoms with E-state index in [9.17, 15) is 13.2 Å². The normalized spacial score (nSPS) is 12.2. The summed E-state index contributed by atoms with van der Waals surface area (Å²) >= 11 is 0. The lowest BCUT2D eigenvalue weighted by Gasteiger charge is -2.13. The van der Waals surface area contributed by atoms with Crippen molar-refractivity contribution in [1.82, 2.24) is 5.32 Å². The Bertz CT molecular complexity index is 1020. The fourth-order valence-corrected chi connectivity index (χ4v) is 3.83. The van der Waals surface area contributed by atoms with Crippen LogP contribution in [0.25, 0.3) is 0 Å². The van der Waals surface area contributed by atoms with Gasteiger partial charge in [0.15, 0.2) is 0 Å². The van der Waals surface area contributed by atoms with Gasteiger partial charge in [0.25, 0.3) is 15.9 Å². The molecular formula is C22H22N2O3S. The lowest BCUT2D eigenvalue weighted by molar-refractivity contribution is 0.0951. The van der Waals surface area contributed by atoms with Gasteiger partial charge >= 0.3 is 0 Å². The van der Waals surface area contributed by atoms with Gasteiger partial charge in [-0.05, 0) is 47.9 Å². The monoisotopic (exact) mass is 394 g/mol. The quantitative estimate of drug-likeness (QED) is 0.635. The lowest BCUT2D eigenvalue weighted by atomic mass is 10.0. The van der Waals surface area contributed by atoms with Crippen LogP contribution >= 0.6 is 0 Å². The molecule has 0 bridgehead atoms. The third-order valence-electron chi connectivity index (χ3n) is 4.39. The van der Waals surface area contributed by atoms with Gasteiger partial charge in [0.1, 0.15) is 0 Å². The minimum Gasteiger partial charge on any atom is -0.351 e. The van der Waals surface area contributed by atoms with Crippen molar-refractivity contribution in [1.29, 1.82) is 0 Å². The highest BCUT2D eigenvalue weighted by Gasteiger charge is 2.14. The van der Waals surface area contributed by atoms with Gasteiger partial charge in [-0.1, -0.05) is 55.5 Å². The second-order valence-corrected chi connectivity index (χ2v) is 8.20. The van der Waals surface area contributed by atoms with E-state index in [1.54, 1.807) is 42.5 Å². The Balaban J connectivity index is 1.60. The summed E-state index contributed by atoms with van der Waals surface area (Å²) in [5.41, 5.74) is 2.04. The first-order valence-corrected chi connectivity index (χ1v) is 10.4. The number of anilines is 1. The number of carbonyl (C=O) groups excluding carboxylic acids is 1. The maximum atomic E-state index is 12.3. The van der Waals surface area contributed by atoms with Crippen molar-refractivity contribution >= 4 is 21.6 Å².